The molecule has 0 aliphatic heterocycles. The number of amides is 1. The van der Waals surface area contributed by atoms with Crippen LogP contribution in [0.5, 0.6) is 11.5 Å². The molecule has 0 aliphatic rings. The van der Waals surface area contributed by atoms with Gasteiger partial charge >= 0.3 is 0 Å². The van der Waals surface area contributed by atoms with E-state index in [9.17, 15) is 14.9 Å². The first kappa shape index (κ1) is 21.4. The van der Waals surface area contributed by atoms with E-state index in [4.69, 9.17) is 39.5 Å². The number of halogens is 3. The Labute approximate surface area is 195 Å². The van der Waals surface area contributed by atoms with E-state index in [-0.39, 0.29) is 27.9 Å². The second kappa shape index (κ2) is 8.72. The molecule has 0 fully saturated rings. The SMILES string of the molecule is O=C(Nc1cc(Oc2ccc(Cl)cc2Cl)cc([N+](=O)[O-])c1)c1sc2ccccc2c1Cl. The normalized spacial score (nSPS) is 10.8. The van der Waals surface area contributed by atoms with E-state index >= 15 is 0 Å². The summed E-state index contributed by atoms with van der Waals surface area (Å²) in [6, 6.07) is 15.9. The maximum absolute atomic E-state index is 12.8. The van der Waals surface area contributed by atoms with Crippen LogP contribution in [-0.4, -0.2) is 10.8 Å². The monoisotopic (exact) mass is 492 g/mol. The Hall–Kier alpha value is -2.84. The summed E-state index contributed by atoms with van der Waals surface area (Å²) in [5, 5.41) is 15.8. The number of rotatable bonds is 5. The number of fused-ring (bicyclic) bond motifs is 1. The smallest absolute Gasteiger partial charge is 0.275 e. The first-order valence-electron chi connectivity index (χ1n) is 8.72. The van der Waals surface area contributed by atoms with Gasteiger partial charge in [-0.25, -0.2) is 0 Å². The Bertz CT molecular complexity index is 1340. The van der Waals surface area contributed by atoms with E-state index in [1.165, 1.54) is 35.6 Å². The van der Waals surface area contributed by atoms with Crippen molar-refractivity contribution >= 4 is 73.5 Å². The lowest BCUT2D eigenvalue weighted by molar-refractivity contribution is -0.384. The molecule has 3 aromatic carbocycles. The van der Waals surface area contributed by atoms with Gasteiger partial charge in [-0.05, 0) is 24.3 Å². The zero-order valence-electron chi connectivity index (χ0n) is 15.4. The first-order valence-corrected chi connectivity index (χ1v) is 10.7. The molecular formula is C21H11Cl3N2O4S. The van der Waals surface area contributed by atoms with Crippen molar-refractivity contribution in [3.05, 3.63) is 90.7 Å². The van der Waals surface area contributed by atoms with Crippen LogP contribution in [0.25, 0.3) is 10.1 Å². The predicted molar refractivity (Wildman–Crippen MR) is 124 cm³/mol. The number of nitro benzene ring substituents is 1. The second-order valence-electron chi connectivity index (χ2n) is 6.34. The Morgan fingerprint density at radius 3 is 2.52 bits per heavy atom. The lowest BCUT2D eigenvalue weighted by Crippen LogP contribution is -2.11. The summed E-state index contributed by atoms with van der Waals surface area (Å²) in [5.74, 6) is -0.102. The Morgan fingerprint density at radius 2 is 1.81 bits per heavy atom. The molecule has 1 aromatic heterocycles. The number of carbonyl (C=O) groups is 1. The third-order valence-electron chi connectivity index (χ3n) is 4.22. The van der Waals surface area contributed by atoms with Gasteiger partial charge in [-0.15, -0.1) is 11.3 Å². The van der Waals surface area contributed by atoms with Crippen LogP contribution < -0.4 is 10.1 Å². The largest absolute Gasteiger partial charge is 0.455 e. The van der Waals surface area contributed by atoms with Gasteiger partial charge in [0.2, 0.25) is 0 Å². The molecule has 0 saturated heterocycles. The van der Waals surface area contributed by atoms with Gasteiger partial charge in [0.1, 0.15) is 16.4 Å². The Morgan fingerprint density at radius 1 is 1.03 bits per heavy atom. The third-order valence-corrected chi connectivity index (χ3v) is 6.43. The van der Waals surface area contributed by atoms with Crippen LogP contribution >= 0.6 is 46.1 Å². The number of hydrogen-bond acceptors (Lipinski definition) is 5. The van der Waals surface area contributed by atoms with Crippen molar-refractivity contribution < 1.29 is 14.5 Å². The van der Waals surface area contributed by atoms with Crippen LogP contribution in [0.1, 0.15) is 9.67 Å². The van der Waals surface area contributed by atoms with E-state index < -0.39 is 10.8 Å². The average molecular weight is 494 g/mol. The fourth-order valence-corrected chi connectivity index (χ4v) is 4.71. The fourth-order valence-electron chi connectivity index (χ4n) is 2.85. The quantitative estimate of drug-likeness (QED) is 0.227. The van der Waals surface area contributed by atoms with Crippen molar-refractivity contribution in [2.75, 3.05) is 5.32 Å². The molecule has 0 saturated carbocycles. The standard InChI is InChI=1S/C21H11Cl3N2O4S/c22-11-5-6-17(16(23)7-11)30-14-9-12(8-13(10-14)26(28)29)25-21(27)20-19(24)15-3-1-2-4-18(15)31-20/h1-10H,(H,25,27). The van der Waals surface area contributed by atoms with Crippen molar-refractivity contribution in [2.45, 2.75) is 0 Å². The minimum absolute atomic E-state index is 0.121. The molecule has 0 aliphatic carbocycles. The molecule has 156 valence electrons. The molecule has 1 amide bonds. The van der Waals surface area contributed by atoms with E-state index in [2.05, 4.69) is 5.32 Å². The first-order chi connectivity index (χ1) is 14.8. The molecule has 0 atom stereocenters. The van der Waals surface area contributed by atoms with Gasteiger partial charge in [0, 0.05) is 27.2 Å². The average Bonchev–Trinajstić information content (AvgIpc) is 3.07. The summed E-state index contributed by atoms with van der Waals surface area (Å²) in [6.07, 6.45) is 0. The zero-order chi connectivity index (χ0) is 22.1. The molecule has 31 heavy (non-hydrogen) atoms. The molecule has 0 bridgehead atoms. The summed E-state index contributed by atoms with van der Waals surface area (Å²) in [5.41, 5.74) is -0.0897. The maximum atomic E-state index is 12.8. The highest BCUT2D eigenvalue weighted by molar-refractivity contribution is 7.21. The molecular weight excluding hydrogens is 483 g/mol. The summed E-state index contributed by atoms with van der Waals surface area (Å²) < 4.78 is 6.54. The molecule has 4 aromatic rings. The van der Waals surface area contributed by atoms with Crippen LogP contribution in [0.2, 0.25) is 15.1 Å². The number of ether oxygens (including phenoxy) is 1. The number of thiophene rings is 1. The van der Waals surface area contributed by atoms with Gasteiger partial charge in [0.25, 0.3) is 11.6 Å². The van der Waals surface area contributed by atoms with Gasteiger partial charge in [-0.2, -0.15) is 0 Å². The third kappa shape index (κ3) is 4.60. The van der Waals surface area contributed by atoms with Crippen LogP contribution in [-0.2, 0) is 0 Å². The fraction of sp³-hybridized carbons (Fsp3) is 0. The van der Waals surface area contributed by atoms with Gasteiger partial charge < -0.3 is 10.1 Å². The van der Waals surface area contributed by atoms with E-state index in [0.29, 0.717) is 14.9 Å². The number of nitrogens with one attached hydrogen (secondary N) is 1. The van der Waals surface area contributed by atoms with Crippen molar-refractivity contribution in [1.82, 2.24) is 0 Å². The Balaban J connectivity index is 1.66. The van der Waals surface area contributed by atoms with Gasteiger partial charge in [-0.1, -0.05) is 53.0 Å². The van der Waals surface area contributed by atoms with Crippen molar-refractivity contribution in [1.29, 1.82) is 0 Å². The van der Waals surface area contributed by atoms with E-state index in [1.54, 1.807) is 12.1 Å². The molecule has 4 rings (SSSR count). The minimum atomic E-state index is -0.585. The van der Waals surface area contributed by atoms with Gasteiger partial charge in [0.15, 0.2) is 0 Å². The highest BCUT2D eigenvalue weighted by Crippen LogP contribution is 2.37. The number of nitro groups is 1. The van der Waals surface area contributed by atoms with E-state index in [1.807, 2.05) is 24.3 Å². The Kier molecular flexibility index (Phi) is 6.02. The lowest BCUT2D eigenvalue weighted by atomic mass is 10.2. The zero-order valence-corrected chi connectivity index (χ0v) is 18.5. The molecule has 0 spiro atoms. The van der Waals surface area contributed by atoms with Crippen LogP contribution in [0.3, 0.4) is 0 Å². The number of non-ortho nitro benzene ring substituents is 1. The number of hydrogen-bond donors (Lipinski definition) is 1. The molecule has 0 unspecified atom stereocenters. The topological polar surface area (TPSA) is 81.5 Å². The molecule has 1 heterocycles. The van der Waals surface area contributed by atoms with Crippen LogP contribution in [0, 0.1) is 10.1 Å². The van der Waals surface area contributed by atoms with Crippen LogP contribution in [0.15, 0.2) is 60.7 Å². The molecule has 10 heteroatoms. The van der Waals surface area contributed by atoms with Gasteiger partial charge in [0.05, 0.1) is 26.7 Å². The van der Waals surface area contributed by atoms with Crippen LogP contribution in [0.4, 0.5) is 11.4 Å². The molecule has 1 N–H and O–H groups in total. The minimum Gasteiger partial charge on any atom is -0.455 e. The number of benzene rings is 3. The van der Waals surface area contributed by atoms with E-state index in [0.717, 1.165) is 10.1 Å². The number of nitrogens with zero attached hydrogens (tertiary/aromatic N) is 1. The second-order valence-corrected chi connectivity index (χ2v) is 8.62. The lowest BCUT2D eigenvalue weighted by Gasteiger charge is -2.10. The molecule has 0 radical (unpaired) electrons. The van der Waals surface area contributed by atoms with Crippen molar-refractivity contribution in [2.24, 2.45) is 0 Å². The summed E-state index contributed by atoms with van der Waals surface area (Å²) >= 11 is 19.6. The maximum Gasteiger partial charge on any atom is 0.275 e. The van der Waals surface area contributed by atoms with Gasteiger partial charge in [-0.3, -0.25) is 14.9 Å². The summed E-state index contributed by atoms with van der Waals surface area (Å²) in [7, 11) is 0. The predicted octanol–water partition coefficient (Wildman–Crippen LogP) is 7.81. The molecule has 6 nitrogen and oxygen atoms in total. The number of carbonyl (C=O) groups excluding carboxylic acids is 1. The van der Waals surface area contributed by atoms with Crippen molar-refractivity contribution in [3.63, 3.8) is 0 Å². The highest BCUT2D eigenvalue weighted by Gasteiger charge is 2.19. The summed E-state index contributed by atoms with van der Waals surface area (Å²) in [6.45, 7) is 0. The van der Waals surface area contributed by atoms with Crippen molar-refractivity contribution in [3.8, 4) is 11.5 Å². The summed E-state index contributed by atoms with van der Waals surface area (Å²) in [4.78, 5) is 23.9. The highest BCUT2D eigenvalue weighted by atomic mass is 35.5. The number of anilines is 1.